The molecule has 0 atom stereocenters. The average Bonchev–Trinajstić information content (AvgIpc) is 2.63. The molecule has 0 unspecified atom stereocenters. The van der Waals surface area contributed by atoms with Crippen molar-refractivity contribution in [3.05, 3.63) is 54.6 Å². The number of nitrogens with two attached hydrogens (primary N) is 1. The first-order valence-electron chi connectivity index (χ1n) is 7.28. The number of rotatable bonds is 5. The third-order valence-electron chi connectivity index (χ3n) is 3.70. The quantitative estimate of drug-likeness (QED) is 0.545. The number of carbonyl (C=O) groups is 2. The van der Waals surface area contributed by atoms with Crippen molar-refractivity contribution in [1.82, 2.24) is 9.13 Å². The van der Waals surface area contributed by atoms with Gasteiger partial charge in [0.25, 0.3) is 5.56 Å². The topological polar surface area (TPSA) is 123 Å². The van der Waals surface area contributed by atoms with E-state index in [2.05, 4.69) is 20.7 Å². The van der Waals surface area contributed by atoms with Crippen LogP contribution in [0, 0.1) is 0 Å². The van der Waals surface area contributed by atoms with Crippen molar-refractivity contribution in [3.8, 4) is 5.75 Å². The summed E-state index contributed by atoms with van der Waals surface area (Å²) >= 11 is 3.23. The molecule has 2 N–H and O–H groups in total. The van der Waals surface area contributed by atoms with Gasteiger partial charge in [-0.05, 0) is 34.1 Å². The van der Waals surface area contributed by atoms with Crippen LogP contribution in [0.25, 0.3) is 0 Å². The number of nitrogen functional groups attached to an aromatic ring is 1. The Morgan fingerprint density at radius 3 is 2.42 bits per heavy atom. The van der Waals surface area contributed by atoms with Gasteiger partial charge in [-0.2, -0.15) is 0 Å². The van der Waals surface area contributed by atoms with Crippen molar-refractivity contribution in [3.63, 3.8) is 0 Å². The molecule has 0 aliphatic heterocycles. The minimum atomic E-state index is -0.792. The number of methoxy groups -OCH3 is 1. The molecule has 0 aliphatic carbocycles. The predicted molar refractivity (Wildman–Crippen MR) is 96.6 cm³/mol. The van der Waals surface area contributed by atoms with E-state index in [1.807, 2.05) is 0 Å². The normalized spacial score (nSPS) is 10.5. The van der Waals surface area contributed by atoms with Crippen LogP contribution in [-0.2, 0) is 18.8 Å². The summed E-state index contributed by atoms with van der Waals surface area (Å²) in [5, 5.41) is 0. The van der Waals surface area contributed by atoms with Crippen LogP contribution >= 0.6 is 15.9 Å². The summed E-state index contributed by atoms with van der Waals surface area (Å²) in [4.78, 5) is 47.8. The van der Waals surface area contributed by atoms with Gasteiger partial charge in [0, 0.05) is 14.1 Å². The fourth-order valence-electron chi connectivity index (χ4n) is 2.20. The maximum atomic E-state index is 12.4. The van der Waals surface area contributed by atoms with Crippen LogP contribution < -0.4 is 21.7 Å². The minimum Gasteiger partial charge on any atom is -0.484 e. The molecule has 9 nitrogen and oxygen atoms in total. The van der Waals surface area contributed by atoms with Crippen molar-refractivity contribution < 1.29 is 19.1 Å². The molecule has 26 heavy (non-hydrogen) atoms. The van der Waals surface area contributed by atoms with Gasteiger partial charge < -0.3 is 15.2 Å². The van der Waals surface area contributed by atoms with Crippen LogP contribution in [0.3, 0.4) is 0 Å². The summed E-state index contributed by atoms with van der Waals surface area (Å²) in [6.45, 7) is -0.478. The molecular formula is C16H16BrN3O6. The molecule has 0 saturated carbocycles. The Bertz CT molecular complexity index is 1010. The van der Waals surface area contributed by atoms with Gasteiger partial charge >= 0.3 is 11.7 Å². The van der Waals surface area contributed by atoms with E-state index in [1.54, 1.807) is 0 Å². The molecular weight excluding hydrogens is 410 g/mol. The Kier molecular flexibility index (Phi) is 5.66. The Balaban J connectivity index is 2.27. The number of hydrogen-bond acceptors (Lipinski definition) is 7. The van der Waals surface area contributed by atoms with E-state index in [1.165, 1.54) is 39.4 Å². The van der Waals surface area contributed by atoms with Crippen LogP contribution in [-0.4, -0.2) is 34.6 Å². The summed E-state index contributed by atoms with van der Waals surface area (Å²) in [6, 6.07) is 4.42. The largest absolute Gasteiger partial charge is 0.484 e. The molecule has 0 aliphatic rings. The number of ether oxygens (including phenoxy) is 2. The number of Topliss-reactive ketones (excluding diaryl/α,β-unsaturated/α-hetero) is 1. The van der Waals surface area contributed by atoms with Crippen LogP contribution in [0.2, 0.25) is 0 Å². The van der Waals surface area contributed by atoms with Gasteiger partial charge in [0.2, 0.25) is 5.78 Å². The molecule has 10 heteroatoms. The van der Waals surface area contributed by atoms with Gasteiger partial charge in [-0.15, -0.1) is 0 Å². The fraction of sp³-hybridized carbons (Fsp3) is 0.250. The molecule has 2 rings (SSSR count). The highest BCUT2D eigenvalue weighted by atomic mass is 79.9. The summed E-state index contributed by atoms with van der Waals surface area (Å²) in [6.07, 6.45) is 0. The molecule has 0 radical (unpaired) electrons. The molecule has 0 bridgehead atoms. The summed E-state index contributed by atoms with van der Waals surface area (Å²) in [5.74, 6) is -1.14. The molecule has 0 amide bonds. The zero-order chi connectivity index (χ0) is 19.6. The van der Waals surface area contributed by atoms with E-state index in [4.69, 9.17) is 10.5 Å². The Morgan fingerprint density at radius 2 is 1.85 bits per heavy atom. The van der Waals surface area contributed by atoms with Gasteiger partial charge in [0.15, 0.2) is 6.61 Å². The zero-order valence-corrected chi connectivity index (χ0v) is 15.8. The Hall–Kier alpha value is -2.88. The van der Waals surface area contributed by atoms with Gasteiger partial charge in [-0.1, -0.05) is 0 Å². The van der Waals surface area contributed by atoms with Gasteiger partial charge in [0.1, 0.15) is 17.1 Å². The number of halogens is 1. The van der Waals surface area contributed by atoms with Crippen molar-refractivity contribution in [2.75, 3.05) is 19.5 Å². The average molecular weight is 426 g/mol. The van der Waals surface area contributed by atoms with Gasteiger partial charge in [-0.25, -0.2) is 9.59 Å². The molecule has 0 saturated heterocycles. The number of benzene rings is 1. The lowest BCUT2D eigenvalue weighted by Crippen LogP contribution is -2.42. The lowest BCUT2D eigenvalue weighted by Gasteiger charge is -2.12. The lowest BCUT2D eigenvalue weighted by molar-refractivity contribution is 0.0600. The van der Waals surface area contributed by atoms with Gasteiger partial charge in [-0.3, -0.25) is 18.7 Å². The number of anilines is 1. The lowest BCUT2D eigenvalue weighted by atomic mass is 10.2. The summed E-state index contributed by atoms with van der Waals surface area (Å²) in [5.41, 5.74) is 4.29. The third-order valence-corrected chi connectivity index (χ3v) is 4.32. The van der Waals surface area contributed by atoms with E-state index in [9.17, 15) is 19.2 Å². The third kappa shape index (κ3) is 3.54. The summed E-state index contributed by atoms with van der Waals surface area (Å²) in [7, 11) is 3.87. The number of aromatic nitrogens is 2. The number of nitrogens with zero attached hydrogens (tertiary/aromatic N) is 2. The molecule has 138 valence electrons. The monoisotopic (exact) mass is 425 g/mol. The molecule has 2 aromatic rings. The van der Waals surface area contributed by atoms with Crippen molar-refractivity contribution >= 4 is 33.5 Å². The molecule has 0 fully saturated rings. The first kappa shape index (κ1) is 19.4. The van der Waals surface area contributed by atoms with E-state index >= 15 is 0 Å². The number of carbonyl (C=O) groups excluding carboxylic acids is 2. The highest BCUT2D eigenvalue weighted by Crippen LogP contribution is 2.26. The highest BCUT2D eigenvalue weighted by Gasteiger charge is 2.21. The van der Waals surface area contributed by atoms with Crippen LogP contribution in [0.1, 0.15) is 20.7 Å². The number of esters is 1. The van der Waals surface area contributed by atoms with Crippen LogP contribution in [0.5, 0.6) is 5.75 Å². The summed E-state index contributed by atoms with van der Waals surface area (Å²) < 4.78 is 12.2. The van der Waals surface area contributed by atoms with Crippen molar-refractivity contribution in [1.29, 1.82) is 0 Å². The molecule has 0 spiro atoms. The molecule has 1 heterocycles. The Morgan fingerprint density at radius 1 is 1.19 bits per heavy atom. The van der Waals surface area contributed by atoms with E-state index in [0.29, 0.717) is 10.0 Å². The number of hydrogen-bond donors (Lipinski definition) is 1. The second kappa shape index (κ2) is 7.56. The second-order valence-corrected chi connectivity index (χ2v) is 6.17. The highest BCUT2D eigenvalue weighted by molar-refractivity contribution is 9.10. The first-order chi connectivity index (χ1) is 12.2. The molecule has 1 aromatic carbocycles. The van der Waals surface area contributed by atoms with E-state index in [0.717, 1.165) is 9.13 Å². The maximum Gasteiger partial charge on any atom is 0.337 e. The maximum absolute atomic E-state index is 12.4. The standard InChI is InChI=1S/C16H16BrN3O6/c1-19-13(18)12(14(22)20(2)16(19)24)10(21)7-26-11-5-4-8(6-9(11)17)15(23)25-3/h4-6H,7,18H2,1-3H3. The SMILES string of the molecule is COC(=O)c1ccc(OCC(=O)c2c(N)n(C)c(=O)n(C)c2=O)c(Br)c1. The van der Waals surface area contributed by atoms with Crippen molar-refractivity contribution in [2.24, 2.45) is 14.1 Å². The van der Waals surface area contributed by atoms with Gasteiger partial charge in [0.05, 0.1) is 17.1 Å². The van der Waals surface area contributed by atoms with Crippen LogP contribution in [0.15, 0.2) is 32.3 Å². The minimum absolute atomic E-state index is 0.230. The second-order valence-electron chi connectivity index (χ2n) is 5.31. The first-order valence-corrected chi connectivity index (χ1v) is 8.07. The number of ketones is 1. The van der Waals surface area contributed by atoms with Crippen LogP contribution in [0.4, 0.5) is 5.82 Å². The Labute approximate surface area is 156 Å². The zero-order valence-electron chi connectivity index (χ0n) is 14.2. The van der Waals surface area contributed by atoms with E-state index < -0.39 is 29.6 Å². The predicted octanol–water partition coefficient (Wildman–Crippen LogP) is 0.477. The molecule has 1 aromatic heterocycles. The van der Waals surface area contributed by atoms with Crippen molar-refractivity contribution in [2.45, 2.75) is 0 Å². The van der Waals surface area contributed by atoms with E-state index in [-0.39, 0.29) is 17.1 Å². The fourth-order valence-corrected chi connectivity index (χ4v) is 2.69. The smallest absolute Gasteiger partial charge is 0.337 e.